The summed E-state index contributed by atoms with van der Waals surface area (Å²) in [5.74, 6) is -1.29. The minimum atomic E-state index is -4.03. The number of para-hydroxylation sites is 1. The first-order valence-electron chi connectivity index (χ1n) is 10.3. The molecule has 2 N–H and O–H groups in total. The number of nitrogens with one attached hydrogen (secondary N) is 2. The van der Waals surface area contributed by atoms with Crippen LogP contribution in [0.4, 0.5) is 15.8 Å². The number of amides is 2. The molecule has 0 fully saturated rings. The van der Waals surface area contributed by atoms with Crippen molar-refractivity contribution in [2.75, 3.05) is 23.1 Å². The van der Waals surface area contributed by atoms with Crippen LogP contribution in [0.25, 0.3) is 0 Å². The lowest BCUT2D eigenvalue weighted by Gasteiger charge is -2.19. The highest BCUT2D eigenvalue weighted by Crippen LogP contribution is 2.20. The molecule has 0 spiro atoms. The summed E-state index contributed by atoms with van der Waals surface area (Å²) in [5.41, 5.74) is 0.951. The monoisotopic (exact) mass is 469 g/mol. The lowest BCUT2D eigenvalue weighted by Crippen LogP contribution is -2.30. The molecule has 0 bridgehead atoms. The van der Waals surface area contributed by atoms with Crippen LogP contribution in [0, 0.1) is 5.82 Å². The maximum absolute atomic E-state index is 13.8. The van der Waals surface area contributed by atoms with E-state index in [1.54, 1.807) is 29.2 Å². The number of halogens is 1. The van der Waals surface area contributed by atoms with E-state index in [2.05, 4.69) is 10.0 Å². The Morgan fingerprint density at radius 1 is 0.879 bits per heavy atom. The van der Waals surface area contributed by atoms with Crippen molar-refractivity contribution in [1.29, 1.82) is 0 Å². The van der Waals surface area contributed by atoms with Gasteiger partial charge in [0.25, 0.3) is 21.8 Å². The molecule has 0 saturated carbocycles. The average Bonchev–Trinajstić information content (AvgIpc) is 2.81. The van der Waals surface area contributed by atoms with Gasteiger partial charge in [-0.1, -0.05) is 18.2 Å². The van der Waals surface area contributed by atoms with Crippen molar-refractivity contribution in [2.45, 2.75) is 18.7 Å². The summed E-state index contributed by atoms with van der Waals surface area (Å²) in [7, 11) is -4.03. The van der Waals surface area contributed by atoms with Crippen LogP contribution in [-0.2, 0) is 10.0 Å². The lowest BCUT2D eigenvalue weighted by molar-refractivity contribution is 0.0772. The van der Waals surface area contributed by atoms with Gasteiger partial charge in [-0.05, 0) is 68.4 Å². The van der Waals surface area contributed by atoms with E-state index in [0.29, 0.717) is 24.3 Å². The molecule has 0 aliphatic carbocycles. The second kappa shape index (κ2) is 10.3. The quantitative estimate of drug-likeness (QED) is 0.512. The number of sulfonamides is 1. The maximum Gasteiger partial charge on any atom is 0.261 e. The molecule has 2 amide bonds. The Morgan fingerprint density at radius 3 is 2.18 bits per heavy atom. The first-order valence-corrected chi connectivity index (χ1v) is 11.8. The molecule has 0 saturated heterocycles. The van der Waals surface area contributed by atoms with Crippen LogP contribution < -0.4 is 10.0 Å². The van der Waals surface area contributed by atoms with Crippen molar-refractivity contribution in [3.63, 3.8) is 0 Å². The van der Waals surface area contributed by atoms with Gasteiger partial charge in [-0.15, -0.1) is 0 Å². The molecule has 7 nitrogen and oxygen atoms in total. The van der Waals surface area contributed by atoms with E-state index >= 15 is 0 Å². The van der Waals surface area contributed by atoms with Gasteiger partial charge in [0.2, 0.25) is 0 Å². The molecule has 0 unspecified atom stereocenters. The smallest absolute Gasteiger partial charge is 0.261 e. The van der Waals surface area contributed by atoms with E-state index in [9.17, 15) is 22.4 Å². The second-order valence-electron chi connectivity index (χ2n) is 7.12. The third-order valence-electron chi connectivity index (χ3n) is 4.96. The molecule has 33 heavy (non-hydrogen) atoms. The van der Waals surface area contributed by atoms with Gasteiger partial charge in [-0.3, -0.25) is 14.3 Å². The Morgan fingerprint density at radius 2 is 1.55 bits per heavy atom. The number of carbonyl (C=O) groups is 2. The number of benzene rings is 3. The summed E-state index contributed by atoms with van der Waals surface area (Å²) in [6.07, 6.45) is 0. The van der Waals surface area contributed by atoms with Crippen molar-refractivity contribution in [2.24, 2.45) is 0 Å². The number of hydrogen-bond acceptors (Lipinski definition) is 4. The fourth-order valence-electron chi connectivity index (χ4n) is 3.16. The average molecular weight is 470 g/mol. The molecule has 0 aromatic heterocycles. The molecule has 0 aliphatic rings. The molecular formula is C24H24FN3O4S. The Hall–Kier alpha value is -3.72. The minimum absolute atomic E-state index is 0.117. The zero-order chi connectivity index (χ0) is 24.0. The van der Waals surface area contributed by atoms with E-state index < -0.39 is 21.7 Å². The predicted octanol–water partition coefficient (Wildman–Crippen LogP) is 4.36. The SMILES string of the molecule is CCN(CC)C(=O)c1cccc(NC(=O)c2ccc(S(=O)(=O)Nc3ccccc3F)cc2)c1. The van der Waals surface area contributed by atoms with Crippen LogP contribution in [0.2, 0.25) is 0 Å². The first-order chi connectivity index (χ1) is 15.7. The lowest BCUT2D eigenvalue weighted by atomic mass is 10.1. The zero-order valence-electron chi connectivity index (χ0n) is 18.2. The number of nitrogens with zero attached hydrogens (tertiary/aromatic N) is 1. The summed E-state index contributed by atoms with van der Waals surface area (Å²) in [5, 5.41) is 2.71. The number of rotatable bonds is 8. The van der Waals surface area contributed by atoms with Crippen molar-refractivity contribution in [3.8, 4) is 0 Å². The first kappa shape index (κ1) is 23.9. The van der Waals surface area contributed by atoms with Crippen LogP contribution in [0.5, 0.6) is 0 Å². The van der Waals surface area contributed by atoms with Crippen LogP contribution in [0.15, 0.2) is 77.7 Å². The Balaban J connectivity index is 1.73. The third kappa shape index (κ3) is 5.75. The summed E-state index contributed by atoms with van der Waals surface area (Å²) in [6.45, 7) is 4.94. The third-order valence-corrected chi connectivity index (χ3v) is 6.34. The summed E-state index contributed by atoms with van der Waals surface area (Å²) >= 11 is 0. The van der Waals surface area contributed by atoms with Crippen LogP contribution in [0.3, 0.4) is 0 Å². The van der Waals surface area contributed by atoms with Gasteiger partial charge >= 0.3 is 0 Å². The fourth-order valence-corrected chi connectivity index (χ4v) is 4.23. The minimum Gasteiger partial charge on any atom is -0.339 e. The normalized spacial score (nSPS) is 11.0. The topological polar surface area (TPSA) is 95.6 Å². The van der Waals surface area contributed by atoms with Gasteiger partial charge in [0, 0.05) is 29.9 Å². The van der Waals surface area contributed by atoms with E-state index in [1.165, 1.54) is 42.5 Å². The predicted molar refractivity (Wildman–Crippen MR) is 125 cm³/mol. The molecule has 0 radical (unpaired) electrons. The Kier molecular flexibility index (Phi) is 7.44. The van der Waals surface area contributed by atoms with Crippen molar-refractivity contribution >= 4 is 33.2 Å². The van der Waals surface area contributed by atoms with Crippen molar-refractivity contribution in [3.05, 3.63) is 89.7 Å². The summed E-state index contributed by atoms with van der Waals surface area (Å²) in [4.78, 5) is 26.7. The number of anilines is 2. The Bertz CT molecular complexity index is 1260. The number of hydrogen-bond donors (Lipinski definition) is 2. The van der Waals surface area contributed by atoms with Crippen molar-refractivity contribution in [1.82, 2.24) is 4.90 Å². The molecule has 3 rings (SSSR count). The van der Waals surface area contributed by atoms with Gasteiger partial charge in [0.15, 0.2) is 0 Å². The van der Waals surface area contributed by atoms with E-state index in [4.69, 9.17) is 0 Å². The second-order valence-corrected chi connectivity index (χ2v) is 8.80. The molecule has 0 aliphatic heterocycles. The van der Waals surface area contributed by atoms with Crippen LogP contribution >= 0.6 is 0 Å². The highest BCUT2D eigenvalue weighted by atomic mass is 32.2. The fraction of sp³-hybridized carbons (Fsp3) is 0.167. The maximum atomic E-state index is 13.8. The van der Waals surface area contributed by atoms with E-state index in [-0.39, 0.29) is 22.1 Å². The largest absolute Gasteiger partial charge is 0.339 e. The van der Waals surface area contributed by atoms with Crippen LogP contribution in [-0.4, -0.2) is 38.2 Å². The highest BCUT2D eigenvalue weighted by molar-refractivity contribution is 7.92. The molecule has 9 heteroatoms. The molecule has 172 valence electrons. The van der Waals surface area contributed by atoms with Gasteiger partial charge in [0.05, 0.1) is 10.6 Å². The molecule has 0 heterocycles. The summed E-state index contributed by atoms with van der Waals surface area (Å²) < 4.78 is 41.0. The summed E-state index contributed by atoms with van der Waals surface area (Å²) in [6, 6.07) is 17.3. The Labute approximate surface area is 192 Å². The van der Waals surface area contributed by atoms with Gasteiger partial charge in [0.1, 0.15) is 5.82 Å². The molecule has 3 aromatic carbocycles. The highest BCUT2D eigenvalue weighted by Gasteiger charge is 2.18. The number of carbonyl (C=O) groups excluding carboxylic acids is 2. The van der Waals surface area contributed by atoms with E-state index in [1.807, 2.05) is 13.8 Å². The standard InChI is InChI=1S/C24H24FN3O4S/c1-3-28(4-2)24(30)18-8-7-9-19(16-18)26-23(29)17-12-14-20(15-13-17)33(31,32)27-22-11-6-5-10-21(22)25/h5-16,27H,3-4H2,1-2H3,(H,26,29). The molecular weight excluding hydrogens is 445 g/mol. The van der Waals surface area contributed by atoms with Crippen LogP contribution in [0.1, 0.15) is 34.6 Å². The zero-order valence-corrected chi connectivity index (χ0v) is 19.0. The van der Waals surface area contributed by atoms with Gasteiger partial charge in [-0.25, -0.2) is 12.8 Å². The van der Waals surface area contributed by atoms with E-state index in [0.717, 1.165) is 6.07 Å². The van der Waals surface area contributed by atoms with Crippen molar-refractivity contribution < 1.29 is 22.4 Å². The molecule has 0 atom stereocenters. The van der Waals surface area contributed by atoms with Gasteiger partial charge in [-0.2, -0.15) is 0 Å². The molecule has 3 aromatic rings. The van der Waals surface area contributed by atoms with Gasteiger partial charge < -0.3 is 10.2 Å².